The van der Waals surface area contributed by atoms with E-state index in [0.29, 0.717) is 5.69 Å². The first kappa shape index (κ1) is 22.8. The molecule has 0 bridgehead atoms. The first-order chi connectivity index (χ1) is 17.3. The number of amides is 2. The predicted molar refractivity (Wildman–Crippen MR) is 124 cm³/mol. The van der Waals surface area contributed by atoms with Crippen molar-refractivity contribution in [2.24, 2.45) is 0 Å². The normalized spacial score (nSPS) is 12.7. The number of para-hydroxylation sites is 1. The Bertz CT molecular complexity index is 1590. The molecule has 36 heavy (non-hydrogen) atoms. The summed E-state index contributed by atoms with van der Waals surface area (Å²) in [7, 11) is 2.32. The first-order valence-electron chi connectivity index (χ1n) is 10.6. The quantitative estimate of drug-likeness (QED) is 0.317. The molecule has 0 unspecified atom stereocenters. The van der Waals surface area contributed by atoms with E-state index in [1.54, 1.807) is 13.0 Å². The number of anilines is 1. The Labute approximate surface area is 202 Å². The monoisotopic (exact) mass is 488 g/mol. The van der Waals surface area contributed by atoms with Gasteiger partial charge in [0.2, 0.25) is 0 Å². The van der Waals surface area contributed by atoms with Gasteiger partial charge in [-0.3, -0.25) is 9.59 Å². The number of nitrogens with zero attached hydrogens (tertiary/aromatic N) is 4. The van der Waals surface area contributed by atoms with Crippen molar-refractivity contribution in [3.05, 3.63) is 82.4 Å². The van der Waals surface area contributed by atoms with E-state index in [-0.39, 0.29) is 44.7 Å². The summed E-state index contributed by atoms with van der Waals surface area (Å²) in [4.78, 5) is 56.5. The Morgan fingerprint density at radius 2 is 1.58 bits per heavy atom. The lowest BCUT2D eigenvalue weighted by atomic mass is 10.1. The number of hydrogen-bond acceptors (Lipinski definition) is 8. The summed E-state index contributed by atoms with van der Waals surface area (Å²) in [6.07, 6.45) is 1.22. The number of benzene rings is 2. The molecule has 0 saturated heterocycles. The largest absolute Gasteiger partial charge is 0.465 e. The van der Waals surface area contributed by atoms with E-state index in [9.17, 15) is 23.6 Å². The van der Waals surface area contributed by atoms with Crippen LogP contribution in [0.15, 0.2) is 48.7 Å². The van der Waals surface area contributed by atoms with Crippen LogP contribution in [0.3, 0.4) is 0 Å². The predicted octanol–water partition coefficient (Wildman–Crippen LogP) is 3.24. The summed E-state index contributed by atoms with van der Waals surface area (Å²) in [5, 5.41) is 4.65. The number of hydrogen-bond donors (Lipinski definition) is 0. The van der Waals surface area contributed by atoms with Gasteiger partial charge >= 0.3 is 11.9 Å². The van der Waals surface area contributed by atoms with E-state index in [1.165, 1.54) is 47.3 Å². The minimum absolute atomic E-state index is 0.00627. The molecule has 11 heteroatoms. The number of rotatable bonds is 4. The van der Waals surface area contributed by atoms with Crippen molar-refractivity contribution in [1.82, 2.24) is 14.8 Å². The molecule has 0 spiro atoms. The number of ether oxygens (including phenoxy) is 2. The Hall–Kier alpha value is -4.93. The maximum atomic E-state index is 14.5. The van der Waals surface area contributed by atoms with Gasteiger partial charge in [-0.15, -0.1) is 0 Å². The fourth-order valence-electron chi connectivity index (χ4n) is 4.20. The van der Waals surface area contributed by atoms with E-state index < -0.39 is 29.6 Å². The molecule has 4 aromatic rings. The van der Waals surface area contributed by atoms with Gasteiger partial charge in [-0.1, -0.05) is 12.1 Å². The second-order valence-electron chi connectivity index (χ2n) is 7.89. The molecule has 2 aromatic heterocycles. The van der Waals surface area contributed by atoms with Crippen LogP contribution >= 0.6 is 0 Å². The molecule has 0 radical (unpaired) electrons. The fourth-order valence-corrected chi connectivity index (χ4v) is 4.20. The fraction of sp³-hybridized carbons (Fsp3) is 0.120. The first-order valence-corrected chi connectivity index (χ1v) is 10.6. The molecule has 3 heterocycles. The molecular weight excluding hydrogens is 471 g/mol. The van der Waals surface area contributed by atoms with Crippen molar-refractivity contribution < 1.29 is 33.0 Å². The van der Waals surface area contributed by atoms with Crippen LogP contribution in [0.25, 0.3) is 16.7 Å². The van der Waals surface area contributed by atoms with E-state index in [4.69, 9.17) is 9.47 Å². The third-order valence-electron chi connectivity index (χ3n) is 5.82. The van der Waals surface area contributed by atoms with Crippen LogP contribution in [0, 0.1) is 12.7 Å². The topological polar surface area (TPSA) is 121 Å². The van der Waals surface area contributed by atoms with Gasteiger partial charge in [0.25, 0.3) is 11.8 Å². The molecular formula is C25H17FN4O6. The number of aryl methyl sites for hydroxylation is 1. The molecule has 2 amide bonds. The summed E-state index contributed by atoms with van der Waals surface area (Å²) < 4.78 is 25.2. The van der Waals surface area contributed by atoms with Crippen molar-refractivity contribution in [2.75, 3.05) is 19.1 Å². The van der Waals surface area contributed by atoms with E-state index in [1.807, 2.05) is 0 Å². The number of methoxy groups -OCH3 is 2. The minimum atomic E-state index is -0.773. The van der Waals surface area contributed by atoms with E-state index in [2.05, 4.69) is 10.1 Å². The summed E-state index contributed by atoms with van der Waals surface area (Å²) in [6, 6.07) is 9.73. The van der Waals surface area contributed by atoms with E-state index >= 15 is 0 Å². The highest BCUT2D eigenvalue weighted by atomic mass is 19.1. The van der Waals surface area contributed by atoms with Crippen molar-refractivity contribution in [3.63, 3.8) is 0 Å². The highest BCUT2D eigenvalue weighted by Gasteiger charge is 2.40. The maximum absolute atomic E-state index is 14.5. The molecule has 0 atom stereocenters. The van der Waals surface area contributed by atoms with Crippen molar-refractivity contribution in [2.45, 2.75) is 6.92 Å². The molecule has 0 aliphatic carbocycles. The Morgan fingerprint density at radius 3 is 2.19 bits per heavy atom. The van der Waals surface area contributed by atoms with Gasteiger partial charge < -0.3 is 9.47 Å². The number of fused-ring (bicyclic) bond motifs is 3. The molecule has 10 nitrogen and oxygen atoms in total. The summed E-state index contributed by atoms with van der Waals surface area (Å²) in [6.45, 7) is 1.62. The van der Waals surface area contributed by atoms with Gasteiger partial charge in [0.05, 0.1) is 53.2 Å². The summed E-state index contributed by atoms with van der Waals surface area (Å²) in [5.74, 6) is -3.51. The molecule has 180 valence electrons. The molecule has 0 fully saturated rings. The number of halogens is 1. The zero-order chi connectivity index (χ0) is 25.7. The van der Waals surface area contributed by atoms with Gasteiger partial charge in [0.1, 0.15) is 11.5 Å². The molecule has 2 aromatic carbocycles. The lowest BCUT2D eigenvalue weighted by Crippen LogP contribution is -2.30. The van der Waals surface area contributed by atoms with Crippen molar-refractivity contribution in [3.8, 4) is 5.69 Å². The van der Waals surface area contributed by atoms with Gasteiger partial charge in [-0.2, -0.15) is 5.10 Å². The SMILES string of the molecule is COC(=O)c1cc(C(=O)OC)cc(N2C(=O)c3cnc4c(c(C)nn4-c4ccccc4F)c3C2=O)c1. The van der Waals surface area contributed by atoms with Crippen LogP contribution in [-0.4, -0.2) is 52.7 Å². The summed E-state index contributed by atoms with van der Waals surface area (Å²) in [5.41, 5.74) is 0.580. The van der Waals surface area contributed by atoms with Crippen LogP contribution < -0.4 is 4.90 Å². The van der Waals surface area contributed by atoms with Gasteiger partial charge in [0.15, 0.2) is 5.65 Å². The third kappa shape index (κ3) is 3.32. The highest BCUT2D eigenvalue weighted by Crippen LogP contribution is 2.35. The number of aromatic nitrogens is 3. The van der Waals surface area contributed by atoms with Crippen LogP contribution in [0.5, 0.6) is 0 Å². The zero-order valence-corrected chi connectivity index (χ0v) is 19.2. The number of imide groups is 1. The van der Waals surface area contributed by atoms with E-state index in [0.717, 1.165) is 19.1 Å². The van der Waals surface area contributed by atoms with Gasteiger partial charge in [-0.25, -0.2) is 28.5 Å². The summed E-state index contributed by atoms with van der Waals surface area (Å²) >= 11 is 0. The van der Waals surface area contributed by atoms with Crippen LogP contribution in [-0.2, 0) is 9.47 Å². The van der Waals surface area contributed by atoms with Crippen LogP contribution in [0.2, 0.25) is 0 Å². The standard InChI is InChI=1S/C25H17FN4O6/c1-12-19-20-16(11-27-21(19)30(28-12)18-7-5-4-6-17(18)26)22(31)29(23(20)32)15-9-13(24(33)35-2)8-14(10-15)25(34)36-3/h4-11H,1-3H3. The Kier molecular flexibility index (Phi) is 5.32. The average Bonchev–Trinajstić information content (AvgIpc) is 3.35. The number of carbonyl (C=O) groups is 4. The molecule has 5 rings (SSSR count). The lowest BCUT2D eigenvalue weighted by Gasteiger charge is -2.16. The second kappa shape index (κ2) is 8.38. The molecule has 1 aliphatic heterocycles. The zero-order valence-electron chi connectivity index (χ0n) is 19.2. The van der Waals surface area contributed by atoms with Gasteiger partial charge in [-0.05, 0) is 37.3 Å². The minimum Gasteiger partial charge on any atom is -0.465 e. The number of pyridine rings is 1. The van der Waals surface area contributed by atoms with Gasteiger partial charge in [0, 0.05) is 6.20 Å². The molecule has 0 saturated carbocycles. The van der Waals surface area contributed by atoms with Crippen molar-refractivity contribution in [1.29, 1.82) is 0 Å². The van der Waals surface area contributed by atoms with Crippen LogP contribution in [0.4, 0.5) is 10.1 Å². The molecule has 1 aliphatic rings. The van der Waals surface area contributed by atoms with Crippen LogP contribution in [0.1, 0.15) is 47.1 Å². The second-order valence-corrected chi connectivity index (χ2v) is 7.89. The maximum Gasteiger partial charge on any atom is 0.337 e. The lowest BCUT2D eigenvalue weighted by molar-refractivity contribution is 0.0597. The van der Waals surface area contributed by atoms with Crippen molar-refractivity contribution >= 4 is 40.5 Å². The Balaban J connectivity index is 1.69. The highest BCUT2D eigenvalue weighted by molar-refractivity contribution is 6.37. The average molecular weight is 488 g/mol. The Morgan fingerprint density at radius 1 is 0.944 bits per heavy atom. The number of esters is 2. The number of carbonyl (C=O) groups excluding carboxylic acids is 4. The smallest absolute Gasteiger partial charge is 0.337 e. The third-order valence-corrected chi connectivity index (χ3v) is 5.82. The molecule has 0 N–H and O–H groups in total.